The lowest BCUT2D eigenvalue weighted by Gasteiger charge is -2.13. The van der Waals surface area contributed by atoms with E-state index in [4.69, 9.17) is 21.5 Å². The summed E-state index contributed by atoms with van der Waals surface area (Å²) in [7, 11) is -3.86. The monoisotopic (exact) mass is 511 g/mol. The van der Waals surface area contributed by atoms with E-state index in [2.05, 4.69) is 11.4 Å². The number of nitriles is 1. The maximum absolute atomic E-state index is 13.2. The van der Waals surface area contributed by atoms with Crippen LogP contribution in [0.25, 0.3) is 0 Å². The lowest BCUT2D eigenvalue weighted by atomic mass is 9.97. The maximum atomic E-state index is 13.2. The highest BCUT2D eigenvalue weighted by Crippen LogP contribution is 2.27. The number of ether oxygens (including phenoxy) is 1. The first-order valence-corrected chi connectivity index (χ1v) is 12.4. The molecule has 0 fully saturated rings. The van der Waals surface area contributed by atoms with Crippen LogP contribution in [0.3, 0.4) is 0 Å². The minimum Gasteiger partial charge on any atom is -0.483 e. The van der Waals surface area contributed by atoms with E-state index in [0.717, 1.165) is 5.56 Å². The van der Waals surface area contributed by atoms with E-state index in [1.807, 2.05) is 6.92 Å². The van der Waals surface area contributed by atoms with Crippen molar-refractivity contribution in [1.29, 1.82) is 5.26 Å². The second kappa shape index (κ2) is 10.7. The highest BCUT2D eigenvalue weighted by molar-refractivity contribution is 7.89. The van der Waals surface area contributed by atoms with Crippen LogP contribution < -0.4 is 15.2 Å². The predicted octanol–water partition coefficient (Wildman–Crippen LogP) is 3.98. The third kappa shape index (κ3) is 6.45. The largest absolute Gasteiger partial charge is 0.483 e. The van der Waals surface area contributed by atoms with Crippen molar-refractivity contribution in [2.45, 2.75) is 25.2 Å². The van der Waals surface area contributed by atoms with Crippen molar-refractivity contribution in [1.82, 2.24) is 0 Å². The van der Waals surface area contributed by atoms with Gasteiger partial charge in [0.05, 0.1) is 22.1 Å². The number of amides is 1. The smallest absolute Gasteiger partial charge is 0.262 e. The number of nitrogens with two attached hydrogens (primary N) is 1. The minimum absolute atomic E-state index is 0.0692. The quantitative estimate of drug-likeness (QED) is 0.438. The van der Waals surface area contributed by atoms with Crippen LogP contribution in [-0.4, -0.2) is 26.7 Å². The van der Waals surface area contributed by atoms with Gasteiger partial charge < -0.3 is 10.1 Å². The minimum atomic E-state index is -3.86. The highest BCUT2D eigenvalue weighted by atomic mass is 35.5. The molecule has 3 N–H and O–H groups in total. The van der Waals surface area contributed by atoms with Crippen LogP contribution >= 0.6 is 11.6 Å². The van der Waals surface area contributed by atoms with Crippen molar-refractivity contribution >= 4 is 39.0 Å². The molecule has 0 unspecified atom stereocenters. The average Bonchev–Trinajstić information content (AvgIpc) is 2.82. The summed E-state index contributed by atoms with van der Waals surface area (Å²) in [6, 6.07) is 15.5. The van der Waals surface area contributed by atoms with Gasteiger partial charge in [-0.2, -0.15) is 5.26 Å². The Morgan fingerprint density at radius 2 is 1.86 bits per heavy atom. The van der Waals surface area contributed by atoms with E-state index in [0.29, 0.717) is 33.8 Å². The molecular weight excluding hydrogens is 490 g/mol. The SMILES string of the molecule is CCc1cc(C#N)cc(C(=O)c2cc(Cl)ccc2OCC(=O)Nc2ccc(S(N)(=O)=O)cc2C)c1. The molecule has 0 aliphatic carbocycles. The summed E-state index contributed by atoms with van der Waals surface area (Å²) in [5.41, 5.74) is 2.54. The van der Waals surface area contributed by atoms with Gasteiger partial charge in [-0.15, -0.1) is 0 Å². The van der Waals surface area contributed by atoms with Crippen molar-refractivity contribution < 1.29 is 22.7 Å². The Hall–Kier alpha value is -3.71. The lowest BCUT2D eigenvalue weighted by Crippen LogP contribution is -2.21. The summed E-state index contributed by atoms with van der Waals surface area (Å²) in [6.07, 6.45) is 0.645. The lowest BCUT2D eigenvalue weighted by molar-refractivity contribution is -0.118. The zero-order valence-electron chi connectivity index (χ0n) is 19.0. The van der Waals surface area contributed by atoms with Crippen molar-refractivity contribution in [3.05, 3.63) is 87.4 Å². The molecule has 0 aliphatic rings. The maximum Gasteiger partial charge on any atom is 0.262 e. The van der Waals surface area contributed by atoms with Crippen molar-refractivity contribution in [3.63, 3.8) is 0 Å². The molecule has 0 spiro atoms. The van der Waals surface area contributed by atoms with Crippen LogP contribution in [0.15, 0.2) is 59.5 Å². The summed E-state index contributed by atoms with van der Waals surface area (Å²) in [4.78, 5) is 25.7. The number of nitrogens with zero attached hydrogens (tertiary/aromatic N) is 1. The van der Waals surface area contributed by atoms with Crippen molar-refractivity contribution in [2.24, 2.45) is 5.14 Å². The van der Waals surface area contributed by atoms with Crippen molar-refractivity contribution in [2.75, 3.05) is 11.9 Å². The van der Waals surface area contributed by atoms with E-state index in [9.17, 15) is 23.3 Å². The second-order valence-electron chi connectivity index (χ2n) is 7.71. The van der Waals surface area contributed by atoms with Gasteiger partial charge >= 0.3 is 0 Å². The Balaban J connectivity index is 1.80. The Morgan fingerprint density at radius 3 is 2.49 bits per heavy atom. The number of carbonyl (C=O) groups is 2. The summed E-state index contributed by atoms with van der Waals surface area (Å²) < 4.78 is 28.6. The number of rotatable bonds is 8. The zero-order valence-corrected chi connectivity index (χ0v) is 20.5. The van der Waals surface area contributed by atoms with Gasteiger partial charge in [-0.05, 0) is 79.1 Å². The fourth-order valence-corrected chi connectivity index (χ4v) is 4.11. The van der Waals surface area contributed by atoms with Gasteiger partial charge in [0, 0.05) is 16.3 Å². The summed E-state index contributed by atoms with van der Waals surface area (Å²) in [5, 5.41) is 17.4. The molecule has 180 valence electrons. The fourth-order valence-electron chi connectivity index (χ4n) is 3.34. The molecule has 0 bridgehead atoms. The zero-order chi connectivity index (χ0) is 25.8. The number of primary sulfonamides is 1. The molecule has 3 aromatic carbocycles. The van der Waals surface area contributed by atoms with Crippen LogP contribution in [-0.2, 0) is 21.2 Å². The van der Waals surface area contributed by atoms with Gasteiger partial charge in [0.15, 0.2) is 12.4 Å². The van der Waals surface area contributed by atoms with E-state index >= 15 is 0 Å². The van der Waals surface area contributed by atoms with E-state index in [1.165, 1.54) is 42.5 Å². The number of ketones is 1. The van der Waals surface area contributed by atoms with Gasteiger partial charge in [-0.1, -0.05) is 18.5 Å². The predicted molar refractivity (Wildman–Crippen MR) is 132 cm³/mol. The van der Waals surface area contributed by atoms with Crippen LogP contribution in [0, 0.1) is 18.3 Å². The van der Waals surface area contributed by atoms with Crippen LogP contribution in [0.2, 0.25) is 5.02 Å². The Kier molecular flexibility index (Phi) is 7.92. The Bertz CT molecular complexity index is 1460. The molecule has 0 aliphatic heterocycles. The summed E-state index contributed by atoms with van der Waals surface area (Å²) in [6.45, 7) is 3.12. The molecule has 0 radical (unpaired) electrons. The third-order valence-electron chi connectivity index (χ3n) is 5.14. The number of aryl methyl sites for hydroxylation is 2. The molecule has 3 aromatic rings. The third-order valence-corrected chi connectivity index (χ3v) is 6.28. The van der Waals surface area contributed by atoms with Gasteiger partial charge in [-0.3, -0.25) is 9.59 Å². The Labute approximate surface area is 208 Å². The molecule has 0 saturated heterocycles. The molecule has 1 amide bonds. The van der Waals surface area contributed by atoms with Gasteiger partial charge in [0.1, 0.15) is 5.75 Å². The fraction of sp³-hybridized carbons (Fsp3) is 0.160. The number of nitrogens with one attached hydrogen (secondary N) is 1. The molecular formula is C25H22ClN3O5S. The molecule has 8 nitrogen and oxygen atoms in total. The normalized spacial score (nSPS) is 10.9. The number of sulfonamides is 1. The molecule has 10 heteroatoms. The van der Waals surface area contributed by atoms with Crippen LogP contribution in [0.5, 0.6) is 5.75 Å². The average molecular weight is 512 g/mol. The second-order valence-corrected chi connectivity index (χ2v) is 9.71. The molecule has 3 rings (SSSR count). The first-order chi connectivity index (χ1) is 16.5. The first kappa shape index (κ1) is 25.9. The molecule has 0 atom stereocenters. The summed E-state index contributed by atoms with van der Waals surface area (Å²) in [5.74, 6) is -0.773. The van der Waals surface area contributed by atoms with E-state index in [1.54, 1.807) is 19.1 Å². The molecule has 0 saturated carbocycles. The van der Waals surface area contributed by atoms with Gasteiger partial charge in [0.2, 0.25) is 10.0 Å². The number of carbonyl (C=O) groups excluding carboxylic acids is 2. The number of hydrogen-bond acceptors (Lipinski definition) is 6. The van der Waals surface area contributed by atoms with Gasteiger partial charge in [0.25, 0.3) is 5.91 Å². The highest BCUT2D eigenvalue weighted by Gasteiger charge is 2.18. The van der Waals surface area contributed by atoms with Crippen LogP contribution in [0.4, 0.5) is 5.69 Å². The topological polar surface area (TPSA) is 139 Å². The van der Waals surface area contributed by atoms with Crippen molar-refractivity contribution in [3.8, 4) is 11.8 Å². The van der Waals surface area contributed by atoms with Crippen LogP contribution in [0.1, 0.15) is 39.5 Å². The Morgan fingerprint density at radius 1 is 1.11 bits per heavy atom. The number of hydrogen-bond donors (Lipinski definition) is 2. The number of halogens is 1. The molecule has 0 heterocycles. The molecule has 35 heavy (non-hydrogen) atoms. The molecule has 0 aromatic heterocycles. The first-order valence-electron chi connectivity index (χ1n) is 10.5. The van der Waals surface area contributed by atoms with E-state index in [-0.39, 0.29) is 16.2 Å². The summed E-state index contributed by atoms with van der Waals surface area (Å²) >= 11 is 6.11. The van der Waals surface area contributed by atoms with Gasteiger partial charge in [-0.25, -0.2) is 13.6 Å². The standard InChI is InChI=1S/C25H22ClN3O5S/c1-3-16-9-17(13-27)11-18(10-16)25(31)21-12-19(26)4-7-23(21)34-14-24(30)29-22-6-5-20(8-15(22)2)35(28,32)33/h4-12H,3,14H2,1-2H3,(H,29,30)(H2,28,32,33). The van der Waals surface area contributed by atoms with E-state index < -0.39 is 28.3 Å². The number of anilines is 1. The number of benzene rings is 3.